The Morgan fingerprint density at radius 3 is 2.58 bits per heavy atom. The van der Waals surface area contributed by atoms with E-state index in [-0.39, 0.29) is 23.8 Å². The fourth-order valence-electron chi connectivity index (χ4n) is 4.06. The summed E-state index contributed by atoms with van der Waals surface area (Å²) in [5, 5.41) is 9.13. The Balaban J connectivity index is 1.70. The Labute approximate surface area is 153 Å². The fraction of sp³-hybridized carbons (Fsp3) is 0.550. The number of hydrogen-bond acceptors (Lipinski definition) is 4. The zero-order valence-electron chi connectivity index (χ0n) is 15.4. The van der Waals surface area contributed by atoms with E-state index in [9.17, 15) is 14.4 Å². The molecule has 1 atom stereocenters. The summed E-state index contributed by atoms with van der Waals surface area (Å²) in [6.45, 7) is 3.10. The van der Waals surface area contributed by atoms with Gasteiger partial charge in [0.1, 0.15) is 0 Å². The van der Waals surface area contributed by atoms with Crippen molar-refractivity contribution in [2.75, 3.05) is 18.5 Å². The number of imide groups is 1. The van der Waals surface area contributed by atoms with Crippen molar-refractivity contribution in [3.63, 3.8) is 0 Å². The highest BCUT2D eigenvalue weighted by Crippen LogP contribution is 2.31. The van der Waals surface area contributed by atoms with Crippen molar-refractivity contribution >= 4 is 23.5 Å². The summed E-state index contributed by atoms with van der Waals surface area (Å²) in [6.07, 6.45) is 4.94. The third-order valence-electron chi connectivity index (χ3n) is 5.69. The van der Waals surface area contributed by atoms with Crippen LogP contribution in [0, 0.1) is 11.8 Å². The van der Waals surface area contributed by atoms with Gasteiger partial charge in [0.05, 0.1) is 23.7 Å². The molecule has 0 spiro atoms. The largest absolute Gasteiger partial charge is 0.478 e. The lowest BCUT2D eigenvalue weighted by Gasteiger charge is -2.31. The van der Waals surface area contributed by atoms with Gasteiger partial charge in [0.2, 0.25) is 5.91 Å². The molecular weight excluding hydrogens is 332 g/mol. The van der Waals surface area contributed by atoms with Crippen LogP contribution < -0.4 is 4.90 Å². The first kappa shape index (κ1) is 18.6. The highest BCUT2D eigenvalue weighted by molar-refractivity contribution is 6.22. The molecule has 6 heteroatoms. The Morgan fingerprint density at radius 1 is 1.23 bits per heavy atom. The van der Waals surface area contributed by atoms with Crippen molar-refractivity contribution in [1.82, 2.24) is 4.90 Å². The average molecular weight is 358 g/mol. The normalized spacial score (nSPS) is 26.6. The average Bonchev–Trinajstić information content (AvgIpc) is 2.91. The second kappa shape index (κ2) is 7.58. The Morgan fingerprint density at radius 2 is 1.92 bits per heavy atom. The van der Waals surface area contributed by atoms with E-state index in [1.54, 1.807) is 12.1 Å². The number of likely N-dealkylation sites (N-methyl/N-ethyl adjacent to an activating group) is 1. The molecule has 140 valence electrons. The first-order valence-electron chi connectivity index (χ1n) is 9.27. The Bertz CT molecular complexity index is 710. The molecule has 1 saturated heterocycles. The van der Waals surface area contributed by atoms with Crippen molar-refractivity contribution in [1.29, 1.82) is 0 Å². The molecule has 1 aromatic carbocycles. The van der Waals surface area contributed by atoms with Gasteiger partial charge in [0, 0.05) is 6.54 Å². The highest BCUT2D eigenvalue weighted by atomic mass is 16.4. The number of benzene rings is 1. The standard InChI is InChI=1S/C20H26N2O4/c1-13-6-8-14(9-7-13)12-21(2)17-11-18(23)22(19(17)24)16-5-3-4-15(10-16)20(25)26/h3-5,10,13-14,17H,6-9,11-12H2,1-2H3,(H,25,26). The smallest absolute Gasteiger partial charge is 0.335 e. The number of aromatic carboxylic acids is 1. The number of carbonyl (C=O) groups is 3. The van der Waals surface area contributed by atoms with Crippen LogP contribution in [-0.2, 0) is 9.59 Å². The van der Waals surface area contributed by atoms with E-state index in [0.29, 0.717) is 11.6 Å². The van der Waals surface area contributed by atoms with Gasteiger partial charge in [-0.3, -0.25) is 14.5 Å². The van der Waals surface area contributed by atoms with Gasteiger partial charge in [0.15, 0.2) is 0 Å². The van der Waals surface area contributed by atoms with Crippen molar-refractivity contribution in [3.05, 3.63) is 29.8 Å². The van der Waals surface area contributed by atoms with E-state index in [1.807, 2.05) is 11.9 Å². The Kier molecular flexibility index (Phi) is 5.41. The molecule has 1 N–H and O–H groups in total. The molecule has 0 aromatic heterocycles. The number of nitrogens with zero attached hydrogens (tertiary/aromatic N) is 2. The van der Waals surface area contributed by atoms with Crippen LogP contribution in [0.3, 0.4) is 0 Å². The summed E-state index contributed by atoms with van der Waals surface area (Å²) in [4.78, 5) is 39.6. The molecule has 26 heavy (non-hydrogen) atoms. The fourth-order valence-corrected chi connectivity index (χ4v) is 4.06. The quantitative estimate of drug-likeness (QED) is 0.819. The van der Waals surface area contributed by atoms with E-state index in [1.165, 1.54) is 37.8 Å². The third-order valence-corrected chi connectivity index (χ3v) is 5.69. The second-order valence-electron chi connectivity index (χ2n) is 7.71. The van der Waals surface area contributed by atoms with Crippen LogP contribution in [0.1, 0.15) is 49.4 Å². The van der Waals surface area contributed by atoms with Gasteiger partial charge in [0.25, 0.3) is 5.91 Å². The molecule has 0 bridgehead atoms. The minimum absolute atomic E-state index is 0.0660. The Hall–Kier alpha value is -2.21. The molecule has 1 saturated carbocycles. The van der Waals surface area contributed by atoms with Crippen LogP contribution in [0.25, 0.3) is 0 Å². The molecule has 1 aliphatic carbocycles. The van der Waals surface area contributed by atoms with Gasteiger partial charge in [-0.05, 0) is 49.9 Å². The molecule has 1 aliphatic heterocycles. The number of carbonyl (C=O) groups excluding carboxylic acids is 2. The van der Waals surface area contributed by atoms with Gasteiger partial charge in [-0.1, -0.05) is 25.8 Å². The van der Waals surface area contributed by atoms with Gasteiger partial charge in [-0.25, -0.2) is 9.69 Å². The van der Waals surface area contributed by atoms with E-state index in [2.05, 4.69) is 6.92 Å². The van der Waals surface area contributed by atoms with Crippen LogP contribution in [0.5, 0.6) is 0 Å². The molecule has 0 radical (unpaired) electrons. The summed E-state index contributed by atoms with van der Waals surface area (Å²) < 4.78 is 0. The van der Waals surface area contributed by atoms with E-state index in [4.69, 9.17) is 5.11 Å². The first-order chi connectivity index (χ1) is 12.4. The maximum Gasteiger partial charge on any atom is 0.335 e. The number of hydrogen-bond donors (Lipinski definition) is 1. The lowest BCUT2D eigenvalue weighted by Crippen LogP contribution is -2.42. The monoisotopic (exact) mass is 358 g/mol. The zero-order valence-corrected chi connectivity index (χ0v) is 15.4. The molecule has 2 fully saturated rings. The van der Waals surface area contributed by atoms with Gasteiger partial charge in [-0.15, -0.1) is 0 Å². The molecule has 1 aromatic rings. The predicted molar refractivity (Wildman–Crippen MR) is 98.1 cm³/mol. The minimum Gasteiger partial charge on any atom is -0.478 e. The molecule has 1 heterocycles. The zero-order chi connectivity index (χ0) is 18.8. The van der Waals surface area contributed by atoms with Crippen molar-refractivity contribution in [2.24, 2.45) is 11.8 Å². The van der Waals surface area contributed by atoms with Crippen LogP contribution in [0.4, 0.5) is 5.69 Å². The summed E-state index contributed by atoms with van der Waals surface area (Å²) >= 11 is 0. The van der Waals surface area contributed by atoms with Crippen molar-refractivity contribution in [3.8, 4) is 0 Å². The number of amides is 2. The SMILES string of the molecule is CC1CCC(CN(C)C2CC(=O)N(c3cccc(C(=O)O)c3)C2=O)CC1. The third kappa shape index (κ3) is 3.80. The molecule has 3 rings (SSSR count). The summed E-state index contributed by atoms with van der Waals surface area (Å²) in [5.74, 6) is -0.256. The predicted octanol–water partition coefficient (Wildman–Crippen LogP) is 2.77. The number of carboxylic acid groups (broad SMARTS) is 1. The van der Waals surface area contributed by atoms with Crippen LogP contribution in [0.2, 0.25) is 0 Å². The van der Waals surface area contributed by atoms with Crippen molar-refractivity contribution < 1.29 is 19.5 Å². The molecular formula is C20H26N2O4. The topological polar surface area (TPSA) is 77.9 Å². The summed E-state index contributed by atoms with van der Waals surface area (Å²) in [6, 6.07) is 5.52. The van der Waals surface area contributed by atoms with E-state index < -0.39 is 12.0 Å². The van der Waals surface area contributed by atoms with Gasteiger partial charge < -0.3 is 5.11 Å². The molecule has 2 amide bonds. The number of carboxylic acids is 1. The minimum atomic E-state index is -1.08. The number of rotatable bonds is 5. The van der Waals surface area contributed by atoms with Gasteiger partial charge >= 0.3 is 5.97 Å². The lowest BCUT2D eigenvalue weighted by atomic mass is 9.82. The highest BCUT2D eigenvalue weighted by Gasteiger charge is 2.42. The first-order valence-corrected chi connectivity index (χ1v) is 9.27. The van der Waals surface area contributed by atoms with Gasteiger partial charge in [-0.2, -0.15) is 0 Å². The van der Waals surface area contributed by atoms with E-state index >= 15 is 0 Å². The molecule has 1 unspecified atom stereocenters. The van der Waals surface area contributed by atoms with Crippen LogP contribution >= 0.6 is 0 Å². The maximum absolute atomic E-state index is 12.8. The van der Waals surface area contributed by atoms with Crippen LogP contribution in [0.15, 0.2) is 24.3 Å². The second-order valence-corrected chi connectivity index (χ2v) is 7.71. The van der Waals surface area contributed by atoms with E-state index in [0.717, 1.165) is 17.4 Å². The maximum atomic E-state index is 12.8. The summed E-state index contributed by atoms with van der Waals surface area (Å²) in [5.41, 5.74) is 0.401. The van der Waals surface area contributed by atoms with Crippen LogP contribution in [-0.4, -0.2) is 47.4 Å². The lowest BCUT2D eigenvalue weighted by molar-refractivity contribution is -0.122. The van der Waals surface area contributed by atoms with Crippen molar-refractivity contribution in [2.45, 2.75) is 45.1 Å². The number of anilines is 1. The molecule has 6 nitrogen and oxygen atoms in total. The molecule has 2 aliphatic rings. The summed E-state index contributed by atoms with van der Waals surface area (Å²) in [7, 11) is 1.91.